The summed E-state index contributed by atoms with van der Waals surface area (Å²) in [4.78, 5) is 0.192. The molecule has 0 N–H and O–H groups in total. The fraction of sp³-hybridized carbons (Fsp3) is 0.100. The summed E-state index contributed by atoms with van der Waals surface area (Å²) in [5, 5.41) is 1.10. The first kappa shape index (κ1) is 18.8. The summed E-state index contributed by atoms with van der Waals surface area (Å²) in [5.74, 6) is 0. The lowest BCUT2D eigenvalue weighted by Gasteiger charge is -2.25. The standard InChI is InChI=1S/C20H17Cl2NO2S/c1-15-3-2-4-19(13-15)23(14-16-5-7-17(21)8-6-16)26(24,25)20-11-9-18(22)10-12-20/h2-13H,14H2,1H3. The van der Waals surface area contributed by atoms with Gasteiger partial charge in [-0.15, -0.1) is 0 Å². The number of aryl methyl sites for hydroxylation is 1. The number of anilines is 1. The Morgan fingerprint density at radius 3 is 2.00 bits per heavy atom. The third kappa shape index (κ3) is 4.21. The zero-order valence-corrected chi connectivity index (χ0v) is 16.4. The zero-order valence-electron chi connectivity index (χ0n) is 14.1. The Balaban J connectivity index is 2.07. The van der Waals surface area contributed by atoms with Gasteiger partial charge in [0.15, 0.2) is 0 Å². The van der Waals surface area contributed by atoms with Crippen LogP contribution in [0.3, 0.4) is 0 Å². The first-order chi connectivity index (χ1) is 12.4. The Hall–Kier alpha value is -2.01. The smallest absolute Gasteiger partial charge is 0.262 e. The molecule has 0 saturated carbocycles. The third-order valence-corrected chi connectivity index (χ3v) is 6.22. The van der Waals surface area contributed by atoms with Crippen LogP contribution in [0.5, 0.6) is 0 Å². The van der Waals surface area contributed by atoms with E-state index in [1.807, 2.05) is 37.3 Å². The molecule has 0 heterocycles. The van der Waals surface area contributed by atoms with Crippen LogP contribution in [-0.2, 0) is 16.6 Å². The molecular formula is C20H17Cl2NO2S. The highest BCUT2D eigenvalue weighted by molar-refractivity contribution is 7.92. The Kier molecular flexibility index (Phi) is 5.56. The Morgan fingerprint density at radius 2 is 1.42 bits per heavy atom. The van der Waals surface area contributed by atoms with Gasteiger partial charge in [-0.1, -0.05) is 47.5 Å². The van der Waals surface area contributed by atoms with E-state index in [0.29, 0.717) is 15.7 Å². The normalized spacial score (nSPS) is 11.3. The van der Waals surface area contributed by atoms with Crippen molar-refractivity contribution in [3.05, 3.63) is 94.0 Å². The number of benzene rings is 3. The van der Waals surface area contributed by atoms with Gasteiger partial charge in [0.2, 0.25) is 0 Å². The minimum atomic E-state index is -3.75. The zero-order chi connectivity index (χ0) is 18.7. The minimum absolute atomic E-state index is 0.192. The first-order valence-electron chi connectivity index (χ1n) is 7.96. The van der Waals surface area contributed by atoms with Crippen LogP contribution in [0.4, 0.5) is 5.69 Å². The summed E-state index contributed by atoms with van der Waals surface area (Å²) >= 11 is 11.8. The fourth-order valence-corrected chi connectivity index (χ4v) is 4.28. The summed E-state index contributed by atoms with van der Waals surface area (Å²) in [6, 6.07) is 20.7. The van der Waals surface area contributed by atoms with Gasteiger partial charge in [-0.25, -0.2) is 8.42 Å². The maximum Gasteiger partial charge on any atom is 0.264 e. The monoisotopic (exact) mass is 405 g/mol. The van der Waals surface area contributed by atoms with Gasteiger partial charge in [-0.3, -0.25) is 4.31 Å². The number of sulfonamides is 1. The summed E-state index contributed by atoms with van der Waals surface area (Å²) < 4.78 is 28.0. The molecule has 0 fully saturated rings. The molecule has 134 valence electrons. The van der Waals surface area contributed by atoms with Crippen molar-refractivity contribution in [1.82, 2.24) is 0 Å². The second-order valence-corrected chi connectivity index (χ2v) is 8.67. The molecule has 0 aliphatic carbocycles. The van der Waals surface area contributed by atoms with Crippen molar-refractivity contribution in [2.75, 3.05) is 4.31 Å². The van der Waals surface area contributed by atoms with E-state index in [1.54, 1.807) is 30.3 Å². The van der Waals surface area contributed by atoms with Crippen molar-refractivity contribution in [2.45, 2.75) is 18.4 Å². The van der Waals surface area contributed by atoms with E-state index in [2.05, 4.69) is 0 Å². The highest BCUT2D eigenvalue weighted by Crippen LogP contribution is 2.27. The quantitative estimate of drug-likeness (QED) is 0.545. The minimum Gasteiger partial charge on any atom is -0.262 e. The number of nitrogens with zero attached hydrogens (tertiary/aromatic N) is 1. The Morgan fingerprint density at radius 1 is 0.846 bits per heavy atom. The largest absolute Gasteiger partial charge is 0.264 e. The Bertz CT molecular complexity index is 1000. The lowest BCUT2D eigenvalue weighted by atomic mass is 10.2. The van der Waals surface area contributed by atoms with Crippen molar-refractivity contribution in [1.29, 1.82) is 0 Å². The molecule has 3 aromatic rings. The average Bonchev–Trinajstić information content (AvgIpc) is 2.61. The molecule has 26 heavy (non-hydrogen) atoms. The molecule has 3 nitrogen and oxygen atoms in total. The number of rotatable bonds is 5. The lowest BCUT2D eigenvalue weighted by Crippen LogP contribution is -2.30. The summed E-state index contributed by atoms with van der Waals surface area (Å²) in [5.41, 5.74) is 2.43. The van der Waals surface area contributed by atoms with Gasteiger partial charge in [-0.05, 0) is 66.6 Å². The van der Waals surface area contributed by atoms with E-state index in [0.717, 1.165) is 11.1 Å². The van der Waals surface area contributed by atoms with E-state index in [-0.39, 0.29) is 11.4 Å². The van der Waals surface area contributed by atoms with Crippen molar-refractivity contribution in [3.8, 4) is 0 Å². The average molecular weight is 406 g/mol. The predicted molar refractivity (Wildman–Crippen MR) is 107 cm³/mol. The Labute approximate surface area is 163 Å². The molecule has 0 bridgehead atoms. The van der Waals surface area contributed by atoms with Crippen LogP contribution in [0, 0.1) is 6.92 Å². The van der Waals surface area contributed by atoms with Gasteiger partial charge in [0, 0.05) is 10.0 Å². The van der Waals surface area contributed by atoms with Gasteiger partial charge in [0.1, 0.15) is 0 Å². The predicted octanol–water partition coefficient (Wildman–Crippen LogP) is 5.70. The van der Waals surface area contributed by atoms with Crippen LogP contribution in [0.15, 0.2) is 77.7 Å². The van der Waals surface area contributed by atoms with E-state index < -0.39 is 10.0 Å². The van der Waals surface area contributed by atoms with E-state index in [4.69, 9.17) is 23.2 Å². The van der Waals surface area contributed by atoms with Crippen LogP contribution >= 0.6 is 23.2 Å². The van der Waals surface area contributed by atoms with Crippen molar-refractivity contribution in [2.24, 2.45) is 0 Å². The highest BCUT2D eigenvalue weighted by Gasteiger charge is 2.25. The molecule has 0 spiro atoms. The van der Waals surface area contributed by atoms with Gasteiger partial charge < -0.3 is 0 Å². The van der Waals surface area contributed by atoms with Gasteiger partial charge >= 0.3 is 0 Å². The second kappa shape index (κ2) is 7.70. The molecule has 0 unspecified atom stereocenters. The molecule has 0 atom stereocenters. The number of hydrogen-bond donors (Lipinski definition) is 0. The molecule has 0 aliphatic heterocycles. The molecule has 6 heteroatoms. The molecule has 3 rings (SSSR count). The van der Waals surface area contributed by atoms with Crippen molar-refractivity contribution >= 4 is 38.9 Å². The summed E-state index contributed by atoms with van der Waals surface area (Å²) in [6.45, 7) is 2.13. The fourth-order valence-electron chi connectivity index (χ4n) is 2.59. The van der Waals surface area contributed by atoms with Crippen LogP contribution in [0.25, 0.3) is 0 Å². The first-order valence-corrected chi connectivity index (χ1v) is 10.2. The molecular weight excluding hydrogens is 389 g/mol. The van der Waals surface area contributed by atoms with Crippen LogP contribution < -0.4 is 4.31 Å². The van der Waals surface area contributed by atoms with Crippen molar-refractivity contribution in [3.63, 3.8) is 0 Å². The maximum absolute atomic E-state index is 13.3. The molecule has 0 radical (unpaired) electrons. The van der Waals surface area contributed by atoms with Gasteiger partial charge in [-0.2, -0.15) is 0 Å². The lowest BCUT2D eigenvalue weighted by molar-refractivity contribution is 0.590. The third-order valence-electron chi connectivity index (χ3n) is 3.93. The van der Waals surface area contributed by atoms with E-state index in [1.165, 1.54) is 16.4 Å². The van der Waals surface area contributed by atoms with Gasteiger partial charge in [0.05, 0.1) is 17.1 Å². The van der Waals surface area contributed by atoms with Crippen LogP contribution in [0.2, 0.25) is 10.0 Å². The van der Waals surface area contributed by atoms with Gasteiger partial charge in [0.25, 0.3) is 10.0 Å². The summed E-state index contributed by atoms with van der Waals surface area (Å²) in [7, 11) is -3.75. The molecule has 0 saturated heterocycles. The van der Waals surface area contributed by atoms with Crippen LogP contribution in [0.1, 0.15) is 11.1 Å². The van der Waals surface area contributed by atoms with E-state index >= 15 is 0 Å². The highest BCUT2D eigenvalue weighted by atomic mass is 35.5. The number of hydrogen-bond acceptors (Lipinski definition) is 2. The molecule has 0 aromatic heterocycles. The van der Waals surface area contributed by atoms with Crippen LogP contribution in [-0.4, -0.2) is 8.42 Å². The molecule has 0 amide bonds. The second-order valence-electron chi connectivity index (χ2n) is 5.93. The molecule has 0 aliphatic rings. The summed E-state index contributed by atoms with van der Waals surface area (Å²) in [6.07, 6.45) is 0. The number of halogens is 2. The SMILES string of the molecule is Cc1cccc(N(Cc2ccc(Cl)cc2)S(=O)(=O)c2ccc(Cl)cc2)c1. The molecule has 3 aromatic carbocycles. The van der Waals surface area contributed by atoms with E-state index in [9.17, 15) is 8.42 Å². The van der Waals surface area contributed by atoms with Crippen molar-refractivity contribution < 1.29 is 8.42 Å². The topological polar surface area (TPSA) is 37.4 Å². The maximum atomic E-state index is 13.3.